The second-order valence-corrected chi connectivity index (χ2v) is 13.7. The van der Waals surface area contributed by atoms with Gasteiger partial charge in [0.25, 0.3) is 0 Å². The first-order valence-corrected chi connectivity index (χ1v) is 16.0. The molecule has 6 rings (SSSR count). The number of aromatic nitrogens is 2. The normalized spacial score (nSPS) is 15.4. The average molecular weight is 831 g/mol. The maximum absolute atomic E-state index is 8.47. The van der Waals surface area contributed by atoms with Crippen LogP contribution in [0.15, 0.2) is 122 Å². The third-order valence-electron chi connectivity index (χ3n) is 7.19. The Morgan fingerprint density at radius 1 is 0.633 bits per heavy atom. The van der Waals surface area contributed by atoms with Crippen LogP contribution in [-0.4, -0.2) is 9.97 Å². The molecule has 49 heavy (non-hydrogen) atoms. The zero-order valence-corrected chi connectivity index (χ0v) is 31.2. The molecule has 0 N–H and O–H groups in total. The van der Waals surface area contributed by atoms with Crippen molar-refractivity contribution in [3.63, 3.8) is 0 Å². The van der Waals surface area contributed by atoms with Crippen LogP contribution in [0.2, 0.25) is 0 Å². The van der Waals surface area contributed by atoms with E-state index in [4.69, 9.17) is 13.7 Å². The Balaban J connectivity index is 0.000000265. The first-order chi connectivity index (χ1) is 26.8. The molecule has 0 atom stereocenters. The fourth-order valence-corrected chi connectivity index (χ4v) is 5.09. The second kappa shape index (κ2) is 16.5. The number of pyridine rings is 2. The van der Waals surface area contributed by atoms with E-state index >= 15 is 0 Å². The summed E-state index contributed by atoms with van der Waals surface area (Å²) in [4.78, 5) is 8.67. The van der Waals surface area contributed by atoms with Crippen molar-refractivity contribution in [2.75, 3.05) is 0 Å². The molecule has 0 aliphatic rings. The van der Waals surface area contributed by atoms with E-state index in [1.165, 1.54) is 18.3 Å². The molecule has 0 aliphatic carbocycles. The molecule has 6 aromatic rings. The number of rotatable bonds is 6. The smallest absolute Gasteiger partial charge is 0.0321 e. The van der Waals surface area contributed by atoms with Crippen LogP contribution in [0, 0.1) is 36.7 Å². The SMILES string of the molecule is [2H]C([2H])([2H])c1ccc(-c2[c-]cc(C([2H])([2H])[2H])c(-c3ccc(C([2H])([2H])C(C)(C)C)cc3)c2)nc1.[2H]C([2H])(c1ccc(-c2ccnc(-c3[c-]cccc3)c2)cc1)C(C)(C)C.[Ir]. The Bertz CT molecular complexity index is 2310. The minimum atomic E-state index is -2.37. The van der Waals surface area contributed by atoms with Gasteiger partial charge in [-0.3, -0.25) is 0 Å². The zero-order chi connectivity index (χ0) is 42.9. The van der Waals surface area contributed by atoms with Crippen molar-refractivity contribution in [3.05, 3.63) is 156 Å². The fraction of sp³-hybridized carbons (Fsp3) is 0.261. The molecule has 0 fully saturated rings. The van der Waals surface area contributed by atoms with E-state index in [9.17, 15) is 0 Å². The molecule has 0 saturated carbocycles. The zero-order valence-electron chi connectivity index (χ0n) is 38.8. The molecule has 1 radical (unpaired) electrons. The number of benzene rings is 4. The Morgan fingerprint density at radius 3 is 1.86 bits per heavy atom. The maximum atomic E-state index is 8.47. The van der Waals surface area contributed by atoms with Crippen LogP contribution >= 0.6 is 0 Å². The number of hydrogen-bond acceptors (Lipinski definition) is 2. The van der Waals surface area contributed by atoms with Crippen molar-refractivity contribution in [2.45, 2.75) is 68.0 Å². The van der Waals surface area contributed by atoms with Crippen LogP contribution in [-0.2, 0) is 32.9 Å². The molecule has 0 bridgehead atoms. The third-order valence-corrected chi connectivity index (χ3v) is 7.19. The van der Waals surface area contributed by atoms with Crippen molar-refractivity contribution in [1.82, 2.24) is 9.97 Å². The van der Waals surface area contributed by atoms with Crippen molar-refractivity contribution in [2.24, 2.45) is 10.8 Å². The minimum absolute atomic E-state index is 0. The molecule has 0 aliphatic heterocycles. The Hall–Kier alpha value is -4.17. The fourth-order valence-electron chi connectivity index (χ4n) is 5.09. The van der Waals surface area contributed by atoms with Gasteiger partial charge in [-0.2, -0.15) is 0 Å². The third kappa shape index (κ3) is 11.2. The molecule has 253 valence electrons. The maximum Gasteiger partial charge on any atom is 0.0321 e. The molecule has 4 aromatic carbocycles. The van der Waals surface area contributed by atoms with Crippen LogP contribution in [0.3, 0.4) is 0 Å². The van der Waals surface area contributed by atoms with Crippen LogP contribution in [0.25, 0.3) is 44.8 Å². The van der Waals surface area contributed by atoms with Crippen molar-refractivity contribution in [1.29, 1.82) is 0 Å². The minimum Gasteiger partial charge on any atom is -0.305 e. The van der Waals surface area contributed by atoms with Gasteiger partial charge in [-0.15, -0.1) is 65.2 Å². The number of aryl methyl sites for hydroxylation is 2. The Kier molecular flexibility index (Phi) is 8.67. The molecule has 0 saturated heterocycles. The summed E-state index contributed by atoms with van der Waals surface area (Å²) in [6.07, 6.45) is 0.140. The van der Waals surface area contributed by atoms with E-state index in [-0.39, 0.29) is 31.2 Å². The van der Waals surface area contributed by atoms with Gasteiger partial charge in [0.2, 0.25) is 0 Å². The monoisotopic (exact) mass is 831 g/mol. The predicted octanol–water partition coefficient (Wildman–Crippen LogP) is 12.2. The molecular weight excluding hydrogens is 773 g/mol. The molecule has 2 aromatic heterocycles. The molecule has 0 unspecified atom stereocenters. The summed E-state index contributed by atoms with van der Waals surface area (Å²) in [5.74, 6) is 0. The quantitative estimate of drug-likeness (QED) is 0.156. The van der Waals surface area contributed by atoms with Gasteiger partial charge in [0.1, 0.15) is 0 Å². The van der Waals surface area contributed by atoms with Crippen molar-refractivity contribution >= 4 is 0 Å². The van der Waals surface area contributed by atoms with E-state index in [2.05, 4.69) is 22.1 Å². The van der Waals surface area contributed by atoms with Gasteiger partial charge >= 0.3 is 0 Å². The summed E-state index contributed by atoms with van der Waals surface area (Å²) in [7, 11) is 0. The number of nitrogens with zero attached hydrogens (tertiary/aromatic N) is 2. The van der Waals surface area contributed by atoms with Crippen LogP contribution < -0.4 is 0 Å². The summed E-state index contributed by atoms with van der Waals surface area (Å²) in [5, 5.41) is 0. The van der Waals surface area contributed by atoms with Gasteiger partial charge in [-0.25, -0.2) is 0 Å². The van der Waals surface area contributed by atoms with E-state index < -0.39 is 37.3 Å². The first-order valence-electron chi connectivity index (χ1n) is 21.0. The van der Waals surface area contributed by atoms with Crippen LogP contribution in [0.5, 0.6) is 0 Å². The first kappa shape index (κ1) is 25.8. The van der Waals surface area contributed by atoms with E-state index in [0.29, 0.717) is 33.5 Å². The summed E-state index contributed by atoms with van der Waals surface area (Å²) >= 11 is 0. The van der Waals surface area contributed by atoms with Crippen LogP contribution in [0.1, 0.15) is 77.5 Å². The molecule has 0 spiro atoms. The van der Waals surface area contributed by atoms with Gasteiger partial charge in [-0.05, 0) is 81.3 Å². The van der Waals surface area contributed by atoms with Crippen molar-refractivity contribution in [3.8, 4) is 44.8 Å². The molecular formula is C46H48IrN2-2. The molecule has 2 heterocycles. The van der Waals surface area contributed by atoms with Gasteiger partial charge in [0.15, 0.2) is 0 Å². The topological polar surface area (TPSA) is 25.8 Å². The van der Waals surface area contributed by atoms with Gasteiger partial charge in [0.05, 0.1) is 0 Å². The van der Waals surface area contributed by atoms with Gasteiger partial charge < -0.3 is 9.97 Å². The standard InChI is InChI=1S/C24H26N.C22H22N.Ir/c1-17-6-13-23(25-16-17)21-10-7-18(2)22(14-21)20-11-8-19(9-12-20)15-24(3,4)5;1-22(2,3)16-17-9-11-18(12-10-17)20-13-14-23-21(15-20)19-7-5-4-6-8-19;/h6-9,11-14,16H,15H2,1-5H3;4-7,9-15H,16H2,1-3H3;/q2*-1;/i1D3,2D3,15D2;16D2;. The van der Waals surface area contributed by atoms with E-state index in [1.54, 1.807) is 42.6 Å². The molecule has 0 amide bonds. The Labute approximate surface area is 322 Å². The Morgan fingerprint density at radius 2 is 1.31 bits per heavy atom. The summed E-state index contributed by atoms with van der Waals surface area (Å²) in [5.41, 5.74) is 6.44. The van der Waals surface area contributed by atoms with Gasteiger partial charge in [-0.1, -0.05) is 121 Å². The predicted molar refractivity (Wildman–Crippen MR) is 204 cm³/mol. The summed E-state index contributed by atoms with van der Waals surface area (Å²) in [6.45, 7) is 6.63. The summed E-state index contributed by atoms with van der Waals surface area (Å²) < 4.78 is 80.0. The largest absolute Gasteiger partial charge is 0.305 e. The molecule has 3 heteroatoms. The van der Waals surface area contributed by atoms with E-state index in [1.807, 2.05) is 102 Å². The second-order valence-electron chi connectivity index (χ2n) is 13.7. The molecule has 2 nitrogen and oxygen atoms in total. The average Bonchev–Trinajstić information content (AvgIpc) is 3.17. The number of hydrogen-bond donors (Lipinski definition) is 0. The summed E-state index contributed by atoms with van der Waals surface area (Å²) in [6, 6.07) is 38.6. The van der Waals surface area contributed by atoms with Gasteiger partial charge in [0, 0.05) is 46.2 Å². The van der Waals surface area contributed by atoms with Crippen LogP contribution in [0.4, 0.5) is 0 Å². The van der Waals surface area contributed by atoms with Crippen molar-refractivity contribution < 1.29 is 33.8 Å². The van der Waals surface area contributed by atoms with E-state index in [0.717, 1.165) is 22.4 Å².